The number of amides is 2. The number of imide groups is 1. The second kappa shape index (κ2) is 8.86. The first-order valence-electron chi connectivity index (χ1n) is 8.09. The molecule has 1 heterocycles. The molecule has 1 aliphatic rings. The number of methoxy groups -OCH3 is 1. The minimum atomic E-state index is -0.389. The first kappa shape index (κ1) is 20.5. The second-order valence-corrected chi connectivity index (χ2v) is 7.91. The van der Waals surface area contributed by atoms with Crippen molar-refractivity contribution in [2.24, 2.45) is 0 Å². The Kier molecular flexibility index (Phi) is 6.49. The third-order valence-corrected chi connectivity index (χ3v) is 5.48. The molecule has 1 saturated heterocycles. The first-order valence-corrected chi connectivity index (χ1v) is 10.1. The van der Waals surface area contributed by atoms with Gasteiger partial charge in [-0.1, -0.05) is 24.3 Å². The third kappa shape index (κ3) is 4.27. The van der Waals surface area contributed by atoms with Gasteiger partial charge < -0.3 is 9.47 Å². The second-order valence-electron chi connectivity index (χ2n) is 5.63. The van der Waals surface area contributed by atoms with Crippen LogP contribution in [-0.2, 0) is 4.79 Å². The quantitative estimate of drug-likeness (QED) is 0.380. The molecule has 0 aromatic heterocycles. The fourth-order valence-electron chi connectivity index (χ4n) is 2.54. The average Bonchev–Trinajstić information content (AvgIpc) is 2.94. The smallest absolute Gasteiger partial charge is 0.298 e. The normalized spacial score (nSPS) is 15.2. The number of hydrogen-bond acceptors (Lipinski definition) is 5. The van der Waals surface area contributed by atoms with Gasteiger partial charge in [-0.25, -0.2) is 4.90 Å². The Morgan fingerprint density at radius 1 is 1.25 bits per heavy atom. The summed E-state index contributed by atoms with van der Waals surface area (Å²) < 4.78 is 11.6. The lowest BCUT2D eigenvalue weighted by Gasteiger charge is -2.13. The van der Waals surface area contributed by atoms with E-state index >= 15 is 0 Å². The summed E-state index contributed by atoms with van der Waals surface area (Å²) in [6.45, 7) is 3.95. The van der Waals surface area contributed by atoms with Gasteiger partial charge in [0.2, 0.25) is 0 Å². The summed E-state index contributed by atoms with van der Waals surface area (Å²) >= 11 is 10.2. The lowest BCUT2D eigenvalue weighted by molar-refractivity contribution is -0.113. The van der Waals surface area contributed by atoms with Crippen molar-refractivity contribution in [3.05, 3.63) is 69.0 Å². The summed E-state index contributed by atoms with van der Waals surface area (Å²) in [4.78, 5) is 26.6. The Morgan fingerprint density at radius 2 is 1.96 bits per heavy atom. The van der Waals surface area contributed by atoms with E-state index in [9.17, 15) is 9.59 Å². The van der Waals surface area contributed by atoms with Crippen molar-refractivity contribution in [2.45, 2.75) is 0 Å². The summed E-state index contributed by atoms with van der Waals surface area (Å²) in [5, 5.41) is 0.164. The maximum atomic E-state index is 12.8. The van der Waals surface area contributed by atoms with Crippen LogP contribution >= 0.6 is 39.3 Å². The molecule has 2 aromatic rings. The molecule has 0 bridgehead atoms. The van der Waals surface area contributed by atoms with Gasteiger partial charge in [-0.3, -0.25) is 9.59 Å². The number of rotatable bonds is 6. The van der Waals surface area contributed by atoms with Gasteiger partial charge in [-0.15, -0.1) is 0 Å². The molecule has 8 heteroatoms. The van der Waals surface area contributed by atoms with Crippen LogP contribution in [0.15, 0.2) is 58.4 Å². The molecule has 28 heavy (non-hydrogen) atoms. The Balaban J connectivity index is 1.92. The van der Waals surface area contributed by atoms with Gasteiger partial charge >= 0.3 is 0 Å². The summed E-state index contributed by atoms with van der Waals surface area (Å²) in [6, 6.07) is 10.1. The van der Waals surface area contributed by atoms with Gasteiger partial charge in [0.1, 0.15) is 6.61 Å². The largest absolute Gasteiger partial charge is 0.493 e. The minimum Gasteiger partial charge on any atom is -0.493 e. The zero-order chi connectivity index (χ0) is 20.3. The van der Waals surface area contributed by atoms with E-state index in [-0.39, 0.29) is 11.1 Å². The van der Waals surface area contributed by atoms with E-state index in [1.807, 2.05) is 0 Å². The highest BCUT2D eigenvalue weighted by Crippen LogP contribution is 2.40. The maximum absolute atomic E-state index is 12.8. The molecule has 0 saturated carbocycles. The van der Waals surface area contributed by atoms with E-state index in [2.05, 4.69) is 22.5 Å². The fraction of sp³-hybridized carbons (Fsp3) is 0.100. The van der Waals surface area contributed by atoms with E-state index < -0.39 is 0 Å². The summed E-state index contributed by atoms with van der Waals surface area (Å²) in [5.74, 6) is 0.646. The van der Waals surface area contributed by atoms with Crippen molar-refractivity contribution >= 4 is 62.2 Å². The standard InChI is InChI=1S/C20H15BrClNO4S/c1-3-8-27-18-15(21)9-12(10-16(18)26-2)11-17-19(24)23(20(25)28-17)14-6-4-13(22)5-7-14/h3-7,9-11H,1,8H2,2H3. The molecule has 0 radical (unpaired) electrons. The van der Waals surface area contributed by atoms with Crippen molar-refractivity contribution in [1.82, 2.24) is 0 Å². The highest BCUT2D eigenvalue weighted by Gasteiger charge is 2.36. The van der Waals surface area contributed by atoms with E-state index in [0.717, 1.165) is 16.7 Å². The van der Waals surface area contributed by atoms with Gasteiger partial charge in [0.25, 0.3) is 11.1 Å². The molecule has 144 valence electrons. The van der Waals surface area contributed by atoms with Crippen LogP contribution in [-0.4, -0.2) is 24.9 Å². The lowest BCUT2D eigenvalue weighted by atomic mass is 10.1. The van der Waals surface area contributed by atoms with Gasteiger partial charge in [0.05, 0.1) is 22.2 Å². The van der Waals surface area contributed by atoms with E-state index in [1.54, 1.807) is 48.6 Å². The topological polar surface area (TPSA) is 55.8 Å². The highest BCUT2D eigenvalue weighted by atomic mass is 79.9. The number of anilines is 1. The molecule has 0 atom stereocenters. The molecule has 0 unspecified atom stereocenters. The zero-order valence-electron chi connectivity index (χ0n) is 14.8. The number of nitrogens with zero attached hydrogens (tertiary/aromatic N) is 1. The van der Waals surface area contributed by atoms with E-state index in [4.69, 9.17) is 21.1 Å². The van der Waals surface area contributed by atoms with Crippen LogP contribution in [0.1, 0.15) is 5.56 Å². The SMILES string of the molecule is C=CCOc1c(Br)cc(C=C2SC(=O)N(c3ccc(Cl)cc3)C2=O)cc1OC. The van der Waals surface area contributed by atoms with Crippen LogP contribution in [0.2, 0.25) is 5.02 Å². The van der Waals surface area contributed by atoms with Gasteiger partial charge in [-0.05, 0) is 75.7 Å². The molecular weight excluding hydrogens is 466 g/mol. The molecule has 3 rings (SSSR count). The van der Waals surface area contributed by atoms with Crippen LogP contribution in [0.4, 0.5) is 10.5 Å². The Hall–Kier alpha value is -2.22. The number of ether oxygens (including phenoxy) is 2. The van der Waals surface area contributed by atoms with Crippen LogP contribution < -0.4 is 14.4 Å². The molecule has 0 aliphatic carbocycles. The summed E-state index contributed by atoms with van der Waals surface area (Å²) in [5.41, 5.74) is 1.17. The summed E-state index contributed by atoms with van der Waals surface area (Å²) in [7, 11) is 1.53. The molecule has 0 N–H and O–H groups in total. The predicted molar refractivity (Wildman–Crippen MR) is 116 cm³/mol. The van der Waals surface area contributed by atoms with Gasteiger partial charge in [-0.2, -0.15) is 0 Å². The number of carbonyl (C=O) groups is 2. The number of carbonyl (C=O) groups excluding carboxylic acids is 2. The summed E-state index contributed by atoms with van der Waals surface area (Å²) in [6.07, 6.45) is 3.28. The third-order valence-electron chi connectivity index (χ3n) is 3.77. The van der Waals surface area contributed by atoms with Crippen molar-refractivity contribution in [1.29, 1.82) is 0 Å². The molecule has 1 aliphatic heterocycles. The minimum absolute atomic E-state index is 0.314. The number of hydrogen-bond donors (Lipinski definition) is 0. The van der Waals surface area contributed by atoms with E-state index in [1.165, 1.54) is 7.11 Å². The Morgan fingerprint density at radius 3 is 2.61 bits per heavy atom. The van der Waals surface area contributed by atoms with Crippen LogP contribution in [0.3, 0.4) is 0 Å². The van der Waals surface area contributed by atoms with Crippen molar-refractivity contribution in [3.63, 3.8) is 0 Å². The van der Waals surface area contributed by atoms with Crippen molar-refractivity contribution < 1.29 is 19.1 Å². The van der Waals surface area contributed by atoms with Crippen molar-refractivity contribution in [2.75, 3.05) is 18.6 Å². The van der Waals surface area contributed by atoms with Crippen LogP contribution in [0.25, 0.3) is 6.08 Å². The Labute approximate surface area is 180 Å². The van der Waals surface area contributed by atoms with Gasteiger partial charge in [0.15, 0.2) is 11.5 Å². The highest BCUT2D eigenvalue weighted by molar-refractivity contribution is 9.10. The molecule has 2 amide bonds. The van der Waals surface area contributed by atoms with Crippen molar-refractivity contribution in [3.8, 4) is 11.5 Å². The fourth-order valence-corrected chi connectivity index (χ4v) is 4.08. The van der Waals surface area contributed by atoms with Gasteiger partial charge in [0, 0.05) is 5.02 Å². The monoisotopic (exact) mass is 479 g/mol. The predicted octanol–water partition coefficient (Wildman–Crippen LogP) is 5.92. The maximum Gasteiger partial charge on any atom is 0.298 e. The first-order chi connectivity index (χ1) is 13.4. The average molecular weight is 481 g/mol. The molecule has 2 aromatic carbocycles. The molecule has 5 nitrogen and oxygen atoms in total. The van der Waals surface area contributed by atoms with Crippen LogP contribution in [0, 0.1) is 0 Å². The number of halogens is 2. The van der Waals surface area contributed by atoms with E-state index in [0.29, 0.717) is 43.8 Å². The van der Waals surface area contributed by atoms with Crippen LogP contribution in [0.5, 0.6) is 11.5 Å². The molecule has 0 spiro atoms. The number of benzene rings is 2. The molecular formula is C20H15BrClNO4S. The zero-order valence-corrected chi connectivity index (χ0v) is 17.9. The number of thioether (sulfide) groups is 1. The molecule has 1 fully saturated rings. The Bertz CT molecular complexity index is 975. The lowest BCUT2D eigenvalue weighted by Crippen LogP contribution is -2.27.